The highest BCUT2D eigenvalue weighted by atomic mass is 16.2. The molecular weight excluding hydrogens is 238 g/mol. The molecule has 19 heavy (non-hydrogen) atoms. The number of hydrogen-bond acceptors (Lipinski definition) is 2. The highest BCUT2D eigenvalue weighted by molar-refractivity contribution is 6.01. The highest BCUT2D eigenvalue weighted by Gasteiger charge is 2.42. The van der Waals surface area contributed by atoms with E-state index in [4.69, 9.17) is 0 Å². The molecule has 100 valence electrons. The summed E-state index contributed by atoms with van der Waals surface area (Å²) in [6, 6.07) is 8.13. The molecule has 2 fully saturated rings. The standard InChI is InChI=1S/C16H19NO2/c1-10-5-7-12(8-6-10)15-13(11-3-2-4-11)9-14(18)17-16(15)19/h5-8,11,13,15H,2-4,9H2,1H3,(H,17,18,19). The average molecular weight is 257 g/mol. The molecule has 0 spiro atoms. The maximum atomic E-state index is 12.2. The van der Waals surface area contributed by atoms with E-state index in [9.17, 15) is 9.59 Å². The van der Waals surface area contributed by atoms with Crippen LogP contribution in [-0.4, -0.2) is 11.8 Å². The number of carbonyl (C=O) groups is 2. The van der Waals surface area contributed by atoms with Crippen LogP contribution in [0.1, 0.15) is 42.7 Å². The Balaban J connectivity index is 1.92. The molecule has 1 aromatic carbocycles. The van der Waals surface area contributed by atoms with E-state index in [-0.39, 0.29) is 23.7 Å². The second-order valence-corrected chi connectivity index (χ2v) is 5.86. The van der Waals surface area contributed by atoms with Gasteiger partial charge in [-0.1, -0.05) is 49.1 Å². The van der Waals surface area contributed by atoms with E-state index in [0.717, 1.165) is 18.4 Å². The number of nitrogens with one attached hydrogen (secondary N) is 1. The first-order chi connectivity index (χ1) is 9.15. The molecule has 0 aromatic heterocycles. The van der Waals surface area contributed by atoms with Gasteiger partial charge in [0.1, 0.15) is 0 Å². The quantitative estimate of drug-likeness (QED) is 0.828. The van der Waals surface area contributed by atoms with Crippen molar-refractivity contribution in [2.45, 2.75) is 38.5 Å². The van der Waals surface area contributed by atoms with Gasteiger partial charge in [-0.05, 0) is 24.3 Å². The predicted octanol–water partition coefficient (Wildman–Crippen LogP) is 2.54. The zero-order valence-electron chi connectivity index (χ0n) is 11.2. The van der Waals surface area contributed by atoms with E-state index in [0.29, 0.717) is 12.3 Å². The van der Waals surface area contributed by atoms with Crippen LogP contribution in [0.5, 0.6) is 0 Å². The maximum Gasteiger partial charge on any atom is 0.234 e. The SMILES string of the molecule is Cc1ccc(C2C(=O)NC(=O)CC2C2CCC2)cc1. The van der Waals surface area contributed by atoms with Crippen molar-refractivity contribution < 1.29 is 9.59 Å². The van der Waals surface area contributed by atoms with Crippen LogP contribution < -0.4 is 5.32 Å². The maximum absolute atomic E-state index is 12.2. The van der Waals surface area contributed by atoms with E-state index < -0.39 is 0 Å². The zero-order valence-corrected chi connectivity index (χ0v) is 11.2. The van der Waals surface area contributed by atoms with E-state index in [1.165, 1.54) is 12.0 Å². The molecule has 1 heterocycles. The zero-order chi connectivity index (χ0) is 13.4. The minimum absolute atomic E-state index is 0.106. The molecule has 0 bridgehead atoms. The molecule has 1 saturated carbocycles. The number of amides is 2. The van der Waals surface area contributed by atoms with Gasteiger partial charge in [-0.25, -0.2) is 0 Å². The van der Waals surface area contributed by atoms with Crippen LogP contribution in [0.25, 0.3) is 0 Å². The summed E-state index contributed by atoms with van der Waals surface area (Å²) >= 11 is 0. The Morgan fingerprint density at radius 2 is 1.79 bits per heavy atom. The monoisotopic (exact) mass is 257 g/mol. The number of rotatable bonds is 2. The van der Waals surface area contributed by atoms with Gasteiger partial charge in [-0.3, -0.25) is 14.9 Å². The summed E-state index contributed by atoms with van der Waals surface area (Å²) < 4.78 is 0. The van der Waals surface area contributed by atoms with Gasteiger partial charge in [0.05, 0.1) is 5.92 Å². The van der Waals surface area contributed by atoms with Crippen molar-refractivity contribution in [3.8, 4) is 0 Å². The number of carbonyl (C=O) groups excluding carboxylic acids is 2. The Hall–Kier alpha value is -1.64. The van der Waals surface area contributed by atoms with E-state index >= 15 is 0 Å². The van der Waals surface area contributed by atoms with Crippen molar-refractivity contribution in [1.82, 2.24) is 5.32 Å². The number of aryl methyl sites for hydroxylation is 1. The second kappa shape index (κ2) is 4.80. The number of hydrogen-bond donors (Lipinski definition) is 1. The van der Waals surface area contributed by atoms with Crippen molar-refractivity contribution in [1.29, 1.82) is 0 Å². The fourth-order valence-electron chi connectivity index (χ4n) is 3.27. The lowest BCUT2D eigenvalue weighted by atomic mass is 9.66. The lowest BCUT2D eigenvalue weighted by Gasteiger charge is -2.40. The first-order valence-corrected chi connectivity index (χ1v) is 7.05. The molecule has 1 aliphatic carbocycles. The van der Waals surface area contributed by atoms with Gasteiger partial charge in [0.2, 0.25) is 11.8 Å². The summed E-state index contributed by atoms with van der Waals surface area (Å²) in [6.45, 7) is 2.04. The van der Waals surface area contributed by atoms with Gasteiger partial charge in [-0.2, -0.15) is 0 Å². The van der Waals surface area contributed by atoms with Crippen LogP contribution >= 0.6 is 0 Å². The lowest BCUT2D eigenvalue weighted by molar-refractivity contribution is -0.138. The fraction of sp³-hybridized carbons (Fsp3) is 0.500. The Morgan fingerprint density at radius 1 is 1.11 bits per heavy atom. The third-order valence-corrected chi connectivity index (χ3v) is 4.59. The van der Waals surface area contributed by atoms with Crippen molar-refractivity contribution >= 4 is 11.8 Å². The van der Waals surface area contributed by atoms with Crippen LogP contribution in [0.4, 0.5) is 0 Å². The molecule has 3 rings (SSSR count). The summed E-state index contributed by atoms with van der Waals surface area (Å²) in [4.78, 5) is 23.8. The normalized spacial score (nSPS) is 27.8. The van der Waals surface area contributed by atoms with Crippen LogP contribution in [0.15, 0.2) is 24.3 Å². The molecule has 1 saturated heterocycles. The van der Waals surface area contributed by atoms with Crippen molar-refractivity contribution in [3.63, 3.8) is 0 Å². The first kappa shape index (κ1) is 12.4. The van der Waals surface area contributed by atoms with Gasteiger partial charge in [0, 0.05) is 6.42 Å². The molecule has 2 atom stereocenters. The average Bonchev–Trinajstić information content (AvgIpc) is 2.28. The Morgan fingerprint density at radius 3 is 2.37 bits per heavy atom. The Kier molecular flexibility index (Phi) is 3.13. The molecule has 0 radical (unpaired) electrons. The largest absolute Gasteiger partial charge is 0.296 e. The van der Waals surface area contributed by atoms with Crippen LogP contribution in [-0.2, 0) is 9.59 Å². The molecular formula is C16H19NO2. The summed E-state index contributed by atoms with van der Waals surface area (Å²) in [5.74, 6) is 0.366. The van der Waals surface area contributed by atoms with E-state index in [1.807, 2.05) is 31.2 Å². The van der Waals surface area contributed by atoms with Gasteiger partial charge in [0.25, 0.3) is 0 Å². The van der Waals surface area contributed by atoms with Gasteiger partial charge < -0.3 is 0 Å². The molecule has 1 N–H and O–H groups in total. The van der Waals surface area contributed by atoms with Crippen LogP contribution in [0, 0.1) is 18.8 Å². The van der Waals surface area contributed by atoms with Crippen LogP contribution in [0.2, 0.25) is 0 Å². The third-order valence-electron chi connectivity index (χ3n) is 4.59. The number of benzene rings is 1. The summed E-state index contributed by atoms with van der Waals surface area (Å²) in [5, 5.41) is 2.50. The summed E-state index contributed by atoms with van der Waals surface area (Å²) in [6.07, 6.45) is 4.05. The molecule has 2 aliphatic rings. The Bertz CT molecular complexity index is 502. The van der Waals surface area contributed by atoms with Crippen molar-refractivity contribution in [2.75, 3.05) is 0 Å². The predicted molar refractivity (Wildman–Crippen MR) is 72.5 cm³/mol. The lowest BCUT2D eigenvalue weighted by Crippen LogP contribution is -2.47. The van der Waals surface area contributed by atoms with Gasteiger partial charge >= 0.3 is 0 Å². The van der Waals surface area contributed by atoms with E-state index in [1.54, 1.807) is 0 Å². The van der Waals surface area contributed by atoms with Crippen molar-refractivity contribution in [3.05, 3.63) is 35.4 Å². The van der Waals surface area contributed by atoms with Gasteiger partial charge in [-0.15, -0.1) is 0 Å². The number of piperidine rings is 1. The third kappa shape index (κ3) is 2.29. The summed E-state index contributed by atoms with van der Waals surface area (Å²) in [5.41, 5.74) is 2.24. The molecule has 3 heteroatoms. The molecule has 1 aliphatic heterocycles. The Labute approximate surface area is 113 Å². The van der Waals surface area contributed by atoms with Crippen LogP contribution in [0.3, 0.4) is 0 Å². The summed E-state index contributed by atoms with van der Waals surface area (Å²) in [7, 11) is 0. The molecule has 1 aromatic rings. The van der Waals surface area contributed by atoms with Gasteiger partial charge in [0.15, 0.2) is 0 Å². The molecule has 3 nitrogen and oxygen atoms in total. The molecule has 2 amide bonds. The first-order valence-electron chi connectivity index (χ1n) is 7.05. The smallest absolute Gasteiger partial charge is 0.234 e. The minimum atomic E-state index is -0.149. The van der Waals surface area contributed by atoms with Crippen molar-refractivity contribution in [2.24, 2.45) is 11.8 Å². The fourth-order valence-corrected chi connectivity index (χ4v) is 3.27. The van der Waals surface area contributed by atoms with E-state index in [2.05, 4.69) is 5.32 Å². The second-order valence-electron chi connectivity index (χ2n) is 5.86. The topological polar surface area (TPSA) is 46.2 Å². The minimum Gasteiger partial charge on any atom is -0.296 e. The number of imide groups is 1. The highest BCUT2D eigenvalue weighted by Crippen LogP contribution is 2.44. The molecule has 2 unspecified atom stereocenters.